The third-order valence-corrected chi connectivity index (χ3v) is 18.0. The van der Waals surface area contributed by atoms with Gasteiger partial charge in [0.25, 0.3) is 0 Å². The number of rotatable bonds is 72. The van der Waals surface area contributed by atoms with E-state index in [0.717, 1.165) is 51.4 Å². The van der Waals surface area contributed by atoms with Gasteiger partial charge in [0.05, 0.1) is 25.4 Å². The topological polar surface area (TPSA) is 95.9 Å². The molecule has 0 bridgehead atoms. The summed E-state index contributed by atoms with van der Waals surface area (Å²) < 4.78 is 5.48. The molecule has 0 rings (SSSR count). The molecule has 0 saturated heterocycles. The average molecular weight is 1170 g/mol. The molecule has 0 aromatic rings. The van der Waals surface area contributed by atoms with E-state index in [1.807, 2.05) is 0 Å². The van der Waals surface area contributed by atoms with E-state index in [4.69, 9.17) is 4.74 Å². The summed E-state index contributed by atoms with van der Waals surface area (Å²) in [7, 11) is 0. The number of aliphatic hydroxyl groups is 2. The highest BCUT2D eigenvalue weighted by molar-refractivity contribution is 5.76. The minimum absolute atomic E-state index is 0.00854. The van der Waals surface area contributed by atoms with Gasteiger partial charge in [0.1, 0.15) is 0 Å². The summed E-state index contributed by atoms with van der Waals surface area (Å²) in [6.45, 7) is 4.93. The second-order valence-electron chi connectivity index (χ2n) is 26.3. The van der Waals surface area contributed by atoms with Crippen LogP contribution in [0.5, 0.6) is 0 Å². The molecule has 0 aromatic heterocycles. The molecule has 6 heteroatoms. The summed E-state index contributed by atoms with van der Waals surface area (Å²) in [6.07, 6.45) is 92.7. The molecule has 492 valence electrons. The number of allylic oxidation sites excluding steroid dienone is 4. The maximum absolute atomic E-state index is 12.5. The molecule has 0 aliphatic rings. The normalized spacial score (nSPS) is 12.6. The molecule has 83 heavy (non-hydrogen) atoms. The fraction of sp³-hybridized carbons (Fsp3) is 0.922. The van der Waals surface area contributed by atoms with Crippen molar-refractivity contribution in [3.63, 3.8) is 0 Å². The number of hydrogen-bond donors (Lipinski definition) is 3. The monoisotopic (exact) mass is 1170 g/mol. The maximum atomic E-state index is 12.5. The van der Waals surface area contributed by atoms with E-state index in [1.54, 1.807) is 0 Å². The van der Waals surface area contributed by atoms with Gasteiger partial charge in [0.15, 0.2) is 0 Å². The van der Waals surface area contributed by atoms with Gasteiger partial charge in [-0.2, -0.15) is 0 Å². The second kappa shape index (κ2) is 72.8. The van der Waals surface area contributed by atoms with Crippen molar-refractivity contribution in [2.75, 3.05) is 13.2 Å². The van der Waals surface area contributed by atoms with Crippen LogP contribution < -0.4 is 5.32 Å². The van der Waals surface area contributed by atoms with Crippen LogP contribution in [-0.4, -0.2) is 47.4 Å². The van der Waals surface area contributed by atoms with E-state index in [-0.39, 0.29) is 18.5 Å². The van der Waals surface area contributed by atoms with Crippen LogP contribution in [0.4, 0.5) is 0 Å². The minimum atomic E-state index is -0.660. The van der Waals surface area contributed by atoms with E-state index in [2.05, 4.69) is 43.5 Å². The Labute approximate surface area is 520 Å². The summed E-state index contributed by atoms with van der Waals surface area (Å²) in [5.41, 5.74) is 0. The quantitative estimate of drug-likeness (QED) is 0.0320. The number of carbonyl (C=O) groups is 2. The van der Waals surface area contributed by atoms with E-state index in [0.29, 0.717) is 25.9 Å². The van der Waals surface area contributed by atoms with Gasteiger partial charge in [-0.1, -0.05) is 391 Å². The average Bonchev–Trinajstić information content (AvgIpc) is 3.49. The van der Waals surface area contributed by atoms with Crippen LogP contribution in [0, 0.1) is 0 Å². The number of nitrogens with one attached hydrogen (secondary N) is 1. The fourth-order valence-corrected chi connectivity index (χ4v) is 12.2. The Kier molecular flexibility index (Phi) is 71.4. The van der Waals surface area contributed by atoms with Crippen molar-refractivity contribution in [3.8, 4) is 0 Å². The van der Waals surface area contributed by atoms with Crippen molar-refractivity contribution in [2.24, 2.45) is 0 Å². The lowest BCUT2D eigenvalue weighted by atomic mass is 10.0. The van der Waals surface area contributed by atoms with Crippen LogP contribution in [-0.2, 0) is 14.3 Å². The predicted molar refractivity (Wildman–Crippen MR) is 366 cm³/mol. The van der Waals surface area contributed by atoms with Gasteiger partial charge in [0, 0.05) is 12.8 Å². The molecule has 0 saturated carbocycles. The van der Waals surface area contributed by atoms with Crippen LogP contribution in [0.25, 0.3) is 0 Å². The van der Waals surface area contributed by atoms with E-state index >= 15 is 0 Å². The first-order chi connectivity index (χ1) is 41.0. The van der Waals surface area contributed by atoms with Crippen molar-refractivity contribution in [2.45, 2.75) is 443 Å². The molecule has 2 atom stereocenters. The highest BCUT2D eigenvalue weighted by atomic mass is 16.5. The Morgan fingerprint density at radius 2 is 0.627 bits per heavy atom. The molecule has 0 fully saturated rings. The van der Waals surface area contributed by atoms with Crippen molar-refractivity contribution in [1.82, 2.24) is 5.32 Å². The van der Waals surface area contributed by atoms with Gasteiger partial charge < -0.3 is 20.3 Å². The van der Waals surface area contributed by atoms with Gasteiger partial charge in [0.2, 0.25) is 5.91 Å². The Morgan fingerprint density at radius 1 is 0.337 bits per heavy atom. The van der Waals surface area contributed by atoms with Gasteiger partial charge in [-0.15, -0.1) is 0 Å². The van der Waals surface area contributed by atoms with Crippen molar-refractivity contribution in [3.05, 3.63) is 24.3 Å². The third kappa shape index (κ3) is 69.3. The first-order valence-electron chi connectivity index (χ1n) is 38.1. The summed E-state index contributed by atoms with van der Waals surface area (Å²) in [5, 5.41) is 23.4. The van der Waals surface area contributed by atoms with Gasteiger partial charge >= 0.3 is 5.97 Å². The van der Waals surface area contributed by atoms with Crippen molar-refractivity contribution >= 4 is 11.9 Å². The van der Waals surface area contributed by atoms with E-state index < -0.39 is 12.1 Å². The number of ether oxygens (including phenoxy) is 1. The molecule has 1 amide bonds. The molecule has 0 aliphatic carbocycles. The summed E-state index contributed by atoms with van der Waals surface area (Å²) in [6, 6.07) is -0.536. The Hall–Kier alpha value is -1.66. The van der Waals surface area contributed by atoms with Gasteiger partial charge in [-0.05, 0) is 51.4 Å². The first-order valence-corrected chi connectivity index (χ1v) is 38.1. The number of unbranched alkanes of at least 4 members (excludes halogenated alkanes) is 57. The van der Waals surface area contributed by atoms with Crippen molar-refractivity contribution < 1.29 is 24.5 Å². The zero-order chi connectivity index (χ0) is 59.9. The smallest absolute Gasteiger partial charge is 0.305 e. The Bertz CT molecular complexity index is 1300. The van der Waals surface area contributed by atoms with Gasteiger partial charge in [-0.25, -0.2) is 0 Å². The summed E-state index contributed by atoms with van der Waals surface area (Å²) in [4.78, 5) is 24.6. The van der Waals surface area contributed by atoms with Crippen LogP contribution in [0.2, 0.25) is 0 Å². The largest absolute Gasteiger partial charge is 0.466 e. The predicted octanol–water partition coefficient (Wildman–Crippen LogP) is 24.9. The summed E-state index contributed by atoms with van der Waals surface area (Å²) >= 11 is 0. The SMILES string of the molecule is CCC/C=C\C/C=C\CCCCCCCC(=O)OCCCCCCCCCCCCCCCCCCCCCCCCCCCCCCCCCCCCCCCC(=O)NC(CO)C(O)CCCCCCCCCCCCCCCCCC. The highest BCUT2D eigenvalue weighted by Crippen LogP contribution is 2.20. The van der Waals surface area contributed by atoms with Crippen LogP contribution in [0.15, 0.2) is 24.3 Å². The lowest BCUT2D eigenvalue weighted by Gasteiger charge is -2.22. The van der Waals surface area contributed by atoms with Crippen LogP contribution in [0.1, 0.15) is 431 Å². The highest BCUT2D eigenvalue weighted by Gasteiger charge is 2.20. The molecule has 6 nitrogen and oxygen atoms in total. The molecular weight excluding hydrogens is 1020 g/mol. The lowest BCUT2D eigenvalue weighted by Crippen LogP contribution is -2.45. The van der Waals surface area contributed by atoms with Gasteiger partial charge in [-0.3, -0.25) is 9.59 Å². The van der Waals surface area contributed by atoms with Crippen LogP contribution >= 0.6 is 0 Å². The molecular formula is C77H149NO5. The maximum Gasteiger partial charge on any atom is 0.305 e. The second-order valence-corrected chi connectivity index (χ2v) is 26.3. The van der Waals surface area contributed by atoms with E-state index in [1.165, 1.54) is 347 Å². The number of esters is 1. The lowest BCUT2D eigenvalue weighted by molar-refractivity contribution is -0.143. The minimum Gasteiger partial charge on any atom is -0.466 e. The molecule has 0 heterocycles. The molecule has 0 spiro atoms. The molecule has 3 N–H and O–H groups in total. The Balaban J connectivity index is 3.29. The zero-order valence-corrected chi connectivity index (χ0v) is 56.5. The zero-order valence-electron chi connectivity index (χ0n) is 56.5. The first kappa shape index (κ1) is 81.3. The van der Waals surface area contributed by atoms with Crippen molar-refractivity contribution in [1.29, 1.82) is 0 Å². The van der Waals surface area contributed by atoms with E-state index in [9.17, 15) is 19.8 Å². The number of hydrogen-bond acceptors (Lipinski definition) is 5. The van der Waals surface area contributed by atoms with Crippen LogP contribution in [0.3, 0.4) is 0 Å². The number of amides is 1. The number of carbonyl (C=O) groups excluding carboxylic acids is 2. The standard InChI is InChI=1S/C77H149NO5/c1-3-5-7-9-11-13-15-17-18-42-46-49-53-57-61-65-69-75(80)74(73-79)78-76(81)70-66-62-58-54-50-47-43-40-38-36-34-32-30-28-26-24-22-20-19-21-23-25-27-29-31-33-35-37-39-41-44-48-52-56-60-64-68-72-83-77(82)71-67-63-59-55-51-45-16-14-12-10-8-6-4-2/h8,10,14,16,74-75,79-80H,3-7,9,11-13,15,17-73H2,1-2H3,(H,78,81)/b10-8-,16-14-. The molecule has 0 aliphatic heterocycles. The molecule has 0 aromatic carbocycles. The fourth-order valence-electron chi connectivity index (χ4n) is 12.2. The Morgan fingerprint density at radius 3 is 0.964 bits per heavy atom. The molecule has 0 radical (unpaired) electrons. The summed E-state index contributed by atoms with van der Waals surface area (Å²) in [5.74, 6) is -0.0169. The molecule has 2 unspecified atom stereocenters. The third-order valence-electron chi connectivity index (χ3n) is 18.0. The number of aliphatic hydroxyl groups excluding tert-OH is 2.